The number of benzene rings is 18. The number of halogens is 7. The molecule has 0 spiro atoms. The molecule has 18 rings (SSSR count). The molecule has 0 heterocycles. The minimum Gasteiger partial charge on any atom is -0.311 e. The quantitative estimate of drug-likeness (QED) is 0.0792. The first-order valence-electron chi connectivity index (χ1n) is 44.1. The van der Waals surface area contributed by atoms with Crippen LogP contribution in [0.1, 0.15) is 66.8 Å². The lowest BCUT2D eigenvalue weighted by Gasteiger charge is -2.26. The molecule has 0 bridgehead atoms. The molecule has 666 valence electrons. The highest BCUT2D eigenvalue weighted by Gasteiger charge is 2.22. The topological polar surface area (TPSA) is 19.4 Å². The number of anilines is 18. The van der Waals surface area contributed by atoms with Crippen LogP contribution in [0, 0.1) is 124 Å². The van der Waals surface area contributed by atoms with E-state index in [9.17, 15) is 30.7 Å². The second-order valence-corrected chi connectivity index (χ2v) is 32.9. The monoisotopic (exact) mass is 1760 g/mol. The molecule has 13 heteroatoms. The van der Waals surface area contributed by atoms with Gasteiger partial charge in [-0.3, -0.25) is 0 Å². The number of hydrogen-bond donors (Lipinski definition) is 0. The van der Waals surface area contributed by atoms with Crippen molar-refractivity contribution >= 4 is 102 Å². The summed E-state index contributed by atoms with van der Waals surface area (Å²) in [5.74, 6) is -2.80. The third-order valence-electron chi connectivity index (χ3n) is 22.1. The molecule has 0 saturated carbocycles. The maximum absolute atomic E-state index is 14.5. The van der Waals surface area contributed by atoms with E-state index in [0.717, 1.165) is 108 Å². The van der Waals surface area contributed by atoms with Gasteiger partial charge in [-0.1, -0.05) is 244 Å². The maximum Gasteiger partial charge on any atom is 0.160 e. The van der Waals surface area contributed by atoms with E-state index in [2.05, 4.69) is 171 Å². The molecule has 18 aromatic rings. The van der Waals surface area contributed by atoms with Crippen LogP contribution < -0.4 is 29.4 Å². The summed E-state index contributed by atoms with van der Waals surface area (Å²) in [5.41, 5.74) is 29.4. The van der Waals surface area contributed by atoms with Crippen LogP contribution in [0.3, 0.4) is 0 Å². The Hall–Kier alpha value is -15.7. The van der Waals surface area contributed by atoms with Crippen molar-refractivity contribution in [2.75, 3.05) is 29.4 Å². The Kier molecular flexibility index (Phi) is 32.5. The van der Waals surface area contributed by atoms with Crippen molar-refractivity contribution in [1.82, 2.24) is 0 Å². The van der Waals surface area contributed by atoms with Crippen LogP contribution in [-0.2, 0) is 0 Å². The van der Waals surface area contributed by atoms with Crippen LogP contribution >= 0.6 is 0 Å². The molecule has 0 aliphatic carbocycles. The van der Waals surface area contributed by atoms with Crippen LogP contribution in [0.25, 0.3) is 0 Å². The lowest BCUT2D eigenvalue weighted by Crippen LogP contribution is -2.11. The summed E-state index contributed by atoms with van der Waals surface area (Å²) in [5, 5.41) is 0. The van der Waals surface area contributed by atoms with Crippen molar-refractivity contribution in [3.63, 3.8) is 0 Å². The summed E-state index contributed by atoms with van der Waals surface area (Å²) < 4.78 is 96.7. The maximum atomic E-state index is 14.5. The van der Waals surface area contributed by atoms with E-state index in [1.165, 1.54) is 74.8 Å². The number of aryl methyl sites for hydroxylation is 12. The molecular weight excluding hydrogens is 1660 g/mol. The minimum absolute atomic E-state index is 0.189. The molecule has 133 heavy (non-hydrogen) atoms. The number of nitrogens with zero attached hydrogens (tertiary/aromatic N) is 6. The van der Waals surface area contributed by atoms with E-state index in [1.807, 2.05) is 275 Å². The van der Waals surface area contributed by atoms with Gasteiger partial charge < -0.3 is 29.4 Å². The van der Waals surface area contributed by atoms with Crippen molar-refractivity contribution in [1.29, 1.82) is 0 Å². The van der Waals surface area contributed by atoms with Crippen molar-refractivity contribution < 1.29 is 30.7 Å². The van der Waals surface area contributed by atoms with Gasteiger partial charge in [0.25, 0.3) is 0 Å². The number of rotatable bonds is 18. The highest BCUT2D eigenvalue weighted by atomic mass is 19.2. The molecule has 0 unspecified atom stereocenters. The van der Waals surface area contributed by atoms with Gasteiger partial charge in [-0.2, -0.15) is 0 Å². The SMILES string of the molecule is Cc1ccc(N(c2ccc(C)cc2)c2ccc(F)c(F)c2)cc1.Cc1ccc(N(c2ccc(C)cc2)c2ccc(F)cc2)cc1.Cc1ccc(N(c2ccc(C)cc2)c2cccc(F)c2)cc1.Cc1ccc(N(c2ccc(C)cc2)c2ccccc2F)cc1.Cc1ccc(N(c2ccccc2)c2ccc(C)c(F)c2)cc1.Cc1ccc(N(c2ccccc2)c2ccc(C)cc2F)cc1. The molecule has 0 aliphatic rings. The Morgan fingerprint density at radius 3 is 0.662 bits per heavy atom. The van der Waals surface area contributed by atoms with Gasteiger partial charge in [-0.05, 0) is 331 Å². The second kappa shape index (κ2) is 45.5. The Labute approximate surface area is 779 Å². The van der Waals surface area contributed by atoms with E-state index in [-0.39, 0.29) is 29.1 Å². The Morgan fingerprint density at radius 1 is 0.128 bits per heavy atom. The second-order valence-electron chi connectivity index (χ2n) is 32.9. The third-order valence-corrected chi connectivity index (χ3v) is 22.1. The zero-order valence-corrected chi connectivity index (χ0v) is 76.8. The lowest BCUT2D eigenvalue weighted by atomic mass is 10.1. The van der Waals surface area contributed by atoms with Gasteiger partial charge >= 0.3 is 0 Å². The fourth-order valence-corrected chi connectivity index (χ4v) is 14.7. The van der Waals surface area contributed by atoms with Crippen LogP contribution in [0.4, 0.5) is 133 Å². The summed E-state index contributed by atoms with van der Waals surface area (Å²) in [6.45, 7) is 24.1. The molecule has 0 amide bonds. The van der Waals surface area contributed by atoms with Crippen LogP contribution in [0.15, 0.2) is 431 Å². The molecule has 18 aromatic carbocycles. The first-order chi connectivity index (χ1) is 64.2. The summed E-state index contributed by atoms with van der Waals surface area (Å²) in [4.78, 5) is 12.0. The molecular formula is C120H107F7N6. The van der Waals surface area contributed by atoms with Gasteiger partial charge in [0.1, 0.15) is 29.1 Å². The van der Waals surface area contributed by atoms with Crippen LogP contribution in [-0.4, -0.2) is 0 Å². The fraction of sp³-hybridized carbons (Fsp3) is 0.100. The molecule has 0 saturated heterocycles. The first kappa shape index (κ1) is 94.9. The predicted molar refractivity (Wildman–Crippen MR) is 543 cm³/mol. The van der Waals surface area contributed by atoms with Crippen LogP contribution in [0.2, 0.25) is 0 Å². The normalized spacial score (nSPS) is 10.5. The van der Waals surface area contributed by atoms with Crippen molar-refractivity contribution in [3.8, 4) is 0 Å². The van der Waals surface area contributed by atoms with Gasteiger partial charge in [0.15, 0.2) is 11.6 Å². The van der Waals surface area contributed by atoms with Gasteiger partial charge in [0, 0.05) is 97.1 Å². The minimum atomic E-state index is -0.855. The van der Waals surface area contributed by atoms with Crippen molar-refractivity contribution in [2.45, 2.75) is 83.1 Å². The van der Waals surface area contributed by atoms with E-state index < -0.39 is 11.6 Å². The summed E-state index contributed by atoms with van der Waals surface area (Å²) in [6.07, 6.45) is 0. The van der Waals surface area contributed by atoms with E-state index in [1.54, 1.807) is 61.5 Å². The average molecular weight is 1770 g/mol. The highest BCUT2D eigenvalue weighted by Crippen LogP contribution is 2.43. The smallest absolute Gasteiger partial charge is 0.160 e. The predicted octanol–water partition coefficient (Wildman–Crippen LogP) is 35.6. The summed E-state index contributed by atoms with van der Waals surface area (Å²) in [7, 11) is 0. The Bertz CT molecular complexity index is 6370. The van der Waals surface area contributed by atoms with Gasteiger partial charge in [-0.25, -0.2) is 30.7 Å². The van der Waals surface area contributed by atoms with Gasteiger partial charge in [0.2, 0.25) is 0 Å². The molecule has 0 radical (unpaired) electrons. The van der Waals surface area contributed by atoms with Gasteiger partial charge in [0.05, 0.1) is 11.4 Å². The number of hydrogen-bond acceptors (Lipinski definition) is 6. The zero-order valence-electron chi connectivity index (χ0n) is 76.8. The lowest BCUT2D eigenvalue weighted by molar-refractivity contribution is 0.509. The Balaban J connectivity index is 0.000000136. The third kappa shape index (κ3) is 25.9. The molecule has 0 aliphatic heterocycles. The molecule has 0 fully saturated rings. The molecule has 0 aromatic heterocycles. The standard InChI is InChI=1S/C20H17F2N.5C20H18FN/c1-14-3-7-16(8-4-14)23(17-9-5-15(2)6-10-17)18-11-12-19(21)20(22)13-18;1-15-3-9-18(10-4-15)22(19-11-5-16(2)6-12-19)20-13-7-17(21)8-14-20;1-15-6-10-18(11-7-15)22(19-12-8-16(2)9-13-19)20-5-3-4-17(21)14-20;1-15-7-11-17(12-8-15)22(18-13-9-16(2)10-14-18)20-6-4-3-5-19(20)21;1-15-8-11-18(12-9-15)22(17-6-4-3-5-7-17)19-13-10-16(2)20(21)14-19;1-15-8-11-18(12-9-15)22(17-6-4-3-5-7-17)20-13-10-16(2)14-19(20)21/h3-13H,1-2H3;5*3-14H,1-2H3. The average Bonchev–Trinajstić information content (AvgIpc) is 0.803. The molecule has 0 atom stereocenters. The van der Waals surface area contributed by atoms with Crippen molar-refractivity contribution in [2.24, 2.45) is 0 Å². The Morgan fingerprint density at radius 2 is 0.361 bits per heavy atom. The number of para-hydroxylation sites is 3. The van der Waals surface area contributed by atoms with E-state index in [0.29, 0.717) is 22.6 Å². The van der Waals surface area contributed by atoms with Crippen LogP contribution in [0.5, 0.6) is 0 Å². The largest absolute Gasteiger partial charge is 0.311 e. The fourth-order valence-electron chi connectivity index (χ4n) is 14.7. The van der Waals surface area contributed by atoms with Gasteiger partial charge in [-0.15, -0.1) is 0 Å². The van der Waals surface area contributed by atoms with E-state index in [4.69, 9.17) is 0 Å². The zero-order chi connectivity index (χ0) is 94.0. The summed E-state index contributed by atoms with van der Waals surface area (Å²) in [6, 6.07) is 136. The summed E-state index contributed by atoms with van der Waals surface area (Å²) >= 11 is 0. The van der Waals surface area contributed by atoms with Crippen molar-refractivity contribution in [3.05, 3.63) is 538 Å². The first-order valence-corrected chi connectivity index (χ1v) is 44.1. The molecule has 6 nitrogen and oxygen atoms in total. The molecule has 0 N–H and O–H groups in total. The highest BCUT2D eigenvalue weighted by molar-refractivity contribution is 5.83. The van der Waals surface area contributed by atoms with E-state index >= 15 is 0 Å².